The summed E-state index contributed by atoms with van der Waals surface area (Å²) in [6.07, 6.45) is 6.06. The monoisotopic (exact) mass is 281 g/mol. The van der Waals surface area contributed by atoms with Gasteiger partial charge in [0.15, 0.2) is 5.13 Å². The molecule has 0 aliphatic carbocycles. The van der Waals surface area contributed by atoms with Gasteiger partial charge in [-0.2, -0.15) is 0 Å². The van der Waals surface area contributed by atoms with Gasteiger partial charge in [-0.1, -0.05) is 27.2 Å². The SMILES string of the molecule is CCCC1CCN(c2ncc(CNCC(C)C)s2)C1. The summed E-state index contributed by atoms with van der Waals surface area (Å²) in [5, 5.41) is 4.71. The minimum absolute atomic E-state index is 0.709. The van der Waals surface area contributed by atoms with Gasteiger partial charge in [-0.15, -0.1) is 11.3 Å². The number of hydrogen-bond acceptors (Lipinski definition) is 4. The van der Waals surface area contributed by atoms with Crippen LogP contribution in [0.3, 0.4) is 0 Å². The molecular formula is C15H27N3S. The molecule has 3 nitrogen and oxygen atoms in total. The molecule has 1 saturated heterocycles. The van der Waals surface area contributed by atoms with Crippen LogP contribution in [0.1, 0.15) is 44.9 Å². The first-order valence-corrected chi connectivity index (χ1v) is 8.41. The first-order chi connectivity index (χ1) is 9.19. The second kappa shape index (κ2) is 7.25. The molecule has 1 aromatic heterocycles. The highest BCUT2D eigenvalue weighted by atomic mass is 32.1. The molecule has 2 rings (SSSR count). The van der Waals surface area contributed by atoms with Crippen LogP contribution in [0.15, 0.2) is 6.20 Å². The van der Waals surface area contributed by atoms with E-state index in [-0.39, 0.29) is 0 Å². The number of rotatable bonds is 7. The summed E-state index contributed by atoms with van der Waals surface area (Å²) in [5.41, 5.74) is 0. The third-order valence-electron chi connectivity index (χ3n) is 3.65. The summed E-state index contributed by atoms with van der Waals surface area (Å²) in [5.74, 6) is 1.59. The van der Waals surface area contributed by atoms with E-state index in [0.717, 1.165) is 19.0 Å². The van der Waals surface area contributed by atoms with E-state index in [9.17, 15) is 0 Å². The van der Waals surface area contributed by atoms with Crippen LogP contribution in [0.25, 0.3) is 0 Å². The zero-order valence-corrected chi connectivity index (χ0v) is 13.3. The first-order valence-electron chi connectivity index (χ1n) is 7.59. The predicted molar refractivity (Wildman–Crippen MR) is 83.9 cm³/mol. The quantitative estimate of drug-likeness (QED) is 0.829. The van der Waals surface area contributed by atoms with Gasteiger partial charge >= 0.3 is 0 Å². The summed E-state index contributed by atoms with van der Waals surface area (Å²) in [7, 11) is 0. The van der Waals surface area contributed by atoms with Gasteiger partial charge in [-0.05, 0) is 31.2 Å². The van der Waals surface area contributed by atoms with Crippen molar-refractivity contribution in [2.24, 2.45) is 11.8 Å². The number of thiazole rings is 1. The third kappa shape index (κ3) is 4.46. The number of nitrogens with zero attached hydrogens (tertiary/aromatic N) is 2. The molecular weight excluding hydrogens is 254 g/mol. The summed E-state index contributed by atoms with van der Waals surface area (Å²) >= 11 is 1.85. The van der Waals surface area contributed by atoms with E-state index in [0.29, 0.717) is 5.92 Å². The maximum atomic E-state index is 4.59. The second-order valence-corrected chi connectivity index (χ2v) is 7.12. The Kier molecular flexibility index (Phi) is 5.64. The molecule has 1 aliphatic rings. The van der Waals surface area contributed by atoms with Crippen molar-refractivity contribution < 1.29 is 0 Å². The molecule has 1 aromatic rings. The van der Waals surface area contributed by atoms with Crippen molar-refractivity contribution >= 4 is 16.5 Å². The van der Waals surface area contributed by atoms with E-state index < -0.39 is 0 Å². The summed E-state index contributed by atoms with van der Waals surface area (Å²) in [4.78, 5) is 8.42. The topological polar surface area (TPSA) is 28.2 Å². The average Bonchev–Trinajstić information content (AvgIpc) is 2.98. The minimum atomic E-state index is 0.709. The van der Waals surface area contributed by atoms with Crippen LogP contribution < -0.4 is 10.2 Å². The Morgan fingerprint density at radius 2 is 2.37 bits per heavy atom. The van der Waals surface area contributed by atoms with Gasteiger partial charge < -0.3 is 10.2 Å². The Bertz CT molecular complexity index is 375. The molecule has 0 radical (unpaired) electrons. The van der Waals surface area contributed by atoms with Crippen LogP contribution in [0.2, 0.25) is 0 Å². The molecule has 19 heavy (non-hydrogen) atoms. The van der Waals surface area contributed by atoms with E-state index in [1.54, 1.807) is 0 Å². The van der Waals surface area contributed by atoms with Gasteiger partial charge in [-0.25, -0.2) is 4.98 Å². The Morgan fingerprint density at radius 1 is 1.53 bits per heavy atom. The molecule has 108 valence electrons. The van der Waals surface area contributed by atoms with E-state index in [4.69, 9.17) is 0 Å². The fourth-order valence-electron chi connectivity index (χ4n) is 2.66. The predicted octanol–water partition coefficient (Wildman–Crippen LogP) is 3.52. The van der Waals surface area contributed by atoms with Crippen LogP contribution in [0, 0.1) is 11.8 Å². The smallest absolute Gasteiger partial charge is 0.185 e. The lowest BCUT2D eigenvalue weighted by Crippen LogP contribution is -2.19. The first kappa shape index (κ1) is 14.8. The van der Waals surface area contributed by atoms with Crippen LogP contribution in [0.4, 0.5) is 5.13 Å². The number of hydrogen-bond donors (Lipinski definition) is 1. The van der Waals surface area contributed by atoms with Crippen molar-refractivity contribution in [3.05, 3.63) is 11.1 Å². The highest BCUT2D eigenvalue weighted by Gasteiger charge is 2.23. The van der Waals surface area contributed by atoms with Crippen molar-refractivity contribution in [2.45, 2.75) is 46.6 Å². The molecule has 0 saturated carbocycles. The van der Waals surface area contributed by atoms with Gasteiger partial charge in [-0.3, -0.25) is 0 Å². The zero-order valence-electron chi connectivity index (χ0n) is 12.5. The Hall–Kier alpha value is -0.610. The highest BCUT2D eigenvalue weighted by molar-refractivity contribution is 7.15. The molecule has 1 fully saturated rings. The van der Waals surface area contributed by atoms with Crippen molar-refractivity contribution in [1.82, 2.24) is 10.3 Å². The van der Waals surface area contributed by atoms with Crippen molar-refractivity contribution in [2.75, 3.05) is 24.5 Å². The maximum absolute atomic E-state index is 4.59. The van der Waals surface area contributed by atoms with Gasteiger partial charge in [0.2, 0.25) is 0 Å². The summed E-state index contributed by atoms with van der Waals surface area (Å²) < 4.78 is 0. The average molecular weight is 281 g/mol. The zero-order chi connectivity index (χ0) is 13.7. The molecule has 1 N–H and O–H groups in total. The molecule has 0 amide bonds. The van der Waals surface area contributed by atoms with Crippen molar-refractivity contribution in [3.8, 4) is 0 Å². The standard InChI is InChI=1S/C15H27N3S/c1-4-5-13-6-7-18(11-13)15-17-10-14(19-15)9-16-8-12(2)3/h10,12-13,16H,4-9,11H2,1-3H3. The Morgan fingerprint density at radius 3 is 3.11 bits per heavy atom. The fourth-order valence-corrected chi connectivity index (χ4v) is 3.57. The van der Waals surface area contributed by atoms with Gasteiger partial charge in [0.05, 0.1) is 0 Å². The van der Waals surface area contributed by atoms with Crippen LogP contribution in [-0.2, 0) is 6.54 Å². The van der Waals surface area contributed by atoms with E-state index in [1.807, 2.05) is 17.5 Å². The minimum Gasteiger partial charge on any atom is -0.348 e. The molecule has 1 atom stereocenters. The highest BCUT2D eigenvalue weighted by Crippen LogP contribution is 2.29. The largest absolute Gasteiger partial charge is 0.348 e. The molecule has 0 aromatic carbocycles. The van der Waals surface area contributed by atoms with Gasteiger partial charge in [0.1, 0.15) is 0 Å². The summed E-state index contributed by atoms with van der Waals surface area (Å²) in [6, 6.07) is 0. The molecule has 1 unspecified atom stereocenters. The van der Waals surface area contributed by atoms with Crippen molar-refractivity contribution in [3.63, 3.8) is 0 Å². The molecule has 4 heteroatoms. The Balaban J connectivity index is 1.80. The van der Waals surface area contributed by atoms with Crippen LogP contribution >= 0.6 is 11.3 Å². The van der Waals surface area contributed by atoms with Gasteiger partial charge in [0, 0.05) is 30.7 Å². The maximum Gasteiger partial charge on any atom is 0.185 e. The fraction of sp³-hybridized carbons (Fsp3) is 0.800. The van der Waals surface area contributed by atoms with E-state index in [1.165, 1.54) is 42.4 Å². The third-order valence-corrected chi connectivity index (χ3v) is 4.70. The number of nitrogens with one attached hydrogen (secondary N) is 1. The molecule has 1 aliphatic heterocycles. The summed E-state index contributed by atoms with van der Waals surface area (Å²) in [6.45, 7) is 11.2. The van der Waals surface area contributed by atoms with Gasteiger partial charge in [0.25, 0.3) is 0 Å². The van der Waals surface area contributed by atoms with E-state index >= 15 is 0 Å². The van der Waals surface area contributed by atoms with Crippen LogP contribution in [-0.4, -0.2) is 24.6 Å². The lowest BCUT2D eigenvalue weighted by atomic mass is 10.0. The second-order valence-electron chi connectivity index (χ2n) is 6.02. The lowest BCUT2D eigenvalue weighted by molar-refractivity contribution is 0.530. The molecule has 2 heterocycles. The lowest BCUT2D eigenvalue weighted by Gasteiger charge is -2.14. The van der Waals surface area contributed by atoms with Crippen LogP contribution in [0.5, 0.6) is 0 Å². The number of aromatic nitrogens is 1. The normalized spacial score (nSPS) is 19.6. The molecule has 0 spiro atoms. The van der Waals surface area contributed by atoms with E-state index in [2.05, 4.69) is 36.0 Å². The molecule has 0 bridgehead atoms. The Labute approximate surface area is 121 Å². The number of anilines is 1. The van der Waals surface area contributed by atoms with Crippen molar-refractivity contribution in [1.29, 1.82) is 0 Å².